The lowest BCUT2D eigenvalue weighted by atomic mass is 10.2. The highest BCUT2D eigenvalue weighted by atomic mass is 35.7. The number of benzene rings is 1. The number of rotatable bonds is 6. The first kappa shape index (κ1) is 19.9. The summed E-state index contributed by atoms with van der Waals surface area (Å²) in [6.07, 6.45) is -0.472. The molecule has 3 rings (SSSR count). The first-order valence-corrected chi connectivity index (χ1v) is 11.3. The molecule has 0 bridgehead atoms. The van der Waals surface area contributed by atoms with Crippen molar-refractivity contribution in [3.63, 3.8) is 0 Å². The maximum absolute atomic E-state index is 12.0. The van der Waals surface area contributed by atoms with Gasteiger partial charge in [0, 0.05) is 29.3 Å². The van der Waals surface area contributed by atoms with Gasteiger partial charge in [-0.25, -0.2) is 13.2 Å². The number of nitrogens with zero attached hydrogens (tertiary/aromatic N) is 1. The summed E-state index contributed by atoms with van der Waals surface area (Å²) in [5.41, 5.74) is 0.504. The van der Waals surface area contributed by atoms with E-state index in [1.54, 1.807) is 12.1 Å². The Hall–Kier alpha value is -1.81. The van der Waals surface area contributed by atoms with Gasteiger partial charge in [0.2, 0.25) is 0 Å². The predicted octanol–water partition coefficient (Wildman–Crippen LogP) is 3.47. The van der Waals surface area contributed by atoms with E-state index in [9.17, 15) is 18.0 Å². The lowest BCUT2D eigenvalue weighted by Crippen LogP contribution is -2.28. The highest BCUT2D eigenvalue weighted by molar-refractivity contribution is 8.13. The highest BCUT2D eigenvalue weighted by Crippen LogP contribution is 2.25. The van der Waals surface area contributed by atoms with Crippen LogP contribution in [-0.4, -0.2) is 39.6 Å². The lowest BCUT2D eigenvalue weighted by Gasteiger charge is -2.13. The van der Waals surface area contributed by atoms with Crippen molar-refractivity contribution in [1.82, 2.24) is 5.32 Å². The average Bonchev–Trinajstić information content (AvgIpc) is 3.20. The summed E-state index contributed by atoms with van der Waals surface area (Å²) in [5.74, 6) is -0.231. The van der Waals surface area contributed by atoms with Crippen molar-refractivity contribution in [3.05, 3.63) is 45.6 Å². The van der Waals surface area contributed by atoms with Crippen LogP contribution in [0.25, 0.3) is 0 Å². The molecule has 2 amide bonds. The van der Waals surface area contributed by atoms with E-state index in [0.29, 0.717) is 34.4 Å². The van der Waals surface area contributed by atoms with Gasteiger partial charge in [0.15, 0.2) is 0 Å². The smallest absolute Gasteiger partial charge is 0.414 e. The van der Waals surface area contributed by atoms with Gasteiger partial charge in [0.25, 0.3) is 15.0 Å². The van der Waals surface area contributed by atoms with Crippen molar-refractivity contribution >= 4 is 60.4 Å². The number of carbonyl (C=O) groups excluding carboxylic acids is 2. The van der Waals surface area contributed by atoms with E-state index < -0.39 is 15.1 Å². The van der Waals surface area contributed by atoms with Crippen molar-refractivity contribution in [2.45, 2.75) is 17.4 Å². The molecule has 144 valence electrons. The lowest BCUT2D eigenvalue weighted by molar-refractivity contribution is 0.0948. The zero-order valence-corrected chi connectivity index (χ0v) is 16.9. The summed E-state index contributed by atoms with van der Waals surface area (Å²) in [4.78, 5) is 25.9. The Morgan fingerprint density at radius 1 is 1.26 bits per heavy atom. The second-order valence-corrected chi connectivity index (χ2v) is 9.98. The molecule has 7 nitrogen and oxygen atoms in total. The first-order chi connectivity index (χ1) is 12.7. The van der Waals surface area contributed by atoms with Crippen LogP contribution in [0, 0.1) is 0 Å². The molecular formula is C16H14Cl2N2O5S2. The third-order valence-electron chi connectivity index (χ3n) is 3.85. The van der Waals surface area contributed by atoms with Crippen molar-refractivity contribution in [1.29, 1.82) is 0 Å². The topological polar surface area (TPSA) is 92.8 Å². The number of amides is 2. The fraction of sp³-hybridized carbons (Fsp3) is 0.250. The zero-order chi connectivity index (χ0) is 19.6. The summed E-state index contributed by atoms with van der Waals surface area (Å²) in [6.45, 7) is 0.635. The normalized spacial score (nSPS) is 17.0. The maximum atomic E-state index is 12.0. The number of halogens is 2. The number of thiophene rings is 1. The van der Waals surface area contributed by atoms with Crippen molar-refractivity contribution in [2.75, 3.05) is 18.0 Å². The molecule has 0 radical (unpaired) electrons. The summed E-state index contributed by atoms with van der Waals surface area (Å²) in [7, 11) is 1.46. The Morgan fingerprint density at radius 3 is 2.56 bits per heavy atom. The number of carbonyl (C=O) groups is 2. The van der Waals surface area contributed by atoms with Crippen molar-refractivity contribution in [2.24, 2.45) is 0 Å². The molecular weight excluding hydrogens is 435 g/mol. The fourth-order valence-electron chi connectivity index (χ4n) is 2.54. The number of hydrogen-bond donors (Lipinski definition) is 1. The molecule has 1 aromatic heterocycles. The zero-order valence-electron chi connectivity index (χ0n) is 13.7. The predicted molar refractivity (Wildman–Crippen MR) is 103 cm³/mol. The average molecular weight is 449 g/mol. The van der Waals surface area contributed by atoms with Crippen LogP contribution in [0.3, 0.4) is 0 Å². The number of hydrogen-bond acceptors (Lipinski definition) is 6. The van der Waals surface area contributed by atoms with Crippen LogP contribution in [0.4, 0.5) is 10.5 Å². The van der Waals surface area contributed by atoms with Gasteiger partial charge in [-0.1, -0.05) is 11.6 Å². The number of cyclic esters (lactones) is 1. The largest absolute Gasteiger partial charge is 0.444 e. The number of nitrogens with one attached hydrogen (secondary N) is 1. The van der Waals surface area contributed by atoms with E-state index in [0.717, 1.165) is 0 Å². The van der Waals surface area contributed by atoms with Crippen LogP contribution >= 0.6 is 33.6 Å². The van der Waals surface area contributed by atoms with Gasteiger partial charge >= 0.3 is 6.09 Å². The molecule has 1 N–H and O–H groups in total. The van der Waals surface area contributed by atoms with Gasteiger partial charge in [-0.05, 0) is 36.4 Å². The highest BCUT2D eigenvalue weighted by Gasteiger charge is 2.32. The minimum Gasteiger partial charge on any atom is -0.444 e. The third kappa shape index (κ3) is 4.92. The van der Waals surface area contributed by atoms with Crippen molar-refractivity contribution in [3.8, 4) is 0 Å². The van der Waals surface area contributed by atoms with E-state index in [1.807, 2.05) is 0 Å². The van der Waals surface area contributed by atoms with Crippen LogP contribution in [0.2, 0.25) is 4.34 Å². The summed E-state index contributed by atoms with van der Waals surface area (Å²) in [5, 5.41) is 2.75. The van der Waals surface area contributed by atoms with Gasteiger partial charge in [-0.15, -0.1) is 11.3 Å². The van der Waals surface area contributed by atoms with Gasteiger partial charge < -0.3 is 10.1 Å². The van der Waals surface area contributed by atoms with Gasteiger partial charge in [-0.2, -0.15) is 0 Å². The monoisotopic (exact) mass is 448 g/mol. The maximum Gasteiger partial charge on any atom is 0.414 e. The second kappa shape index (κ2) is 8.05. The van der Waals surface area contributed by atoms with Gasteiger partial charge in [0.05, 0.1) is 20.7 Å². The molecule has 1 fully saturated rings. The van der Waals surface area contributed by atoms with E-state index in [1.165, 1.54) is 40.5 Å². The quantitative estimate of drug-likeness (QED) is 0.682. The molecule has 11 heteroatoms. The second-order valence-electron chi connectivity index (χ2n) is 5.70. The minimum atomic E-state index is -3.82. The molecule has 1 unspecified atom stereocenters. The summed E-state index contributed by atoms with van der Waals surface area (Å²) in [6, 6.07) is 8.92. The van der Waals surface area contributed by atoms with E-state index in [4.69, 9.17) is 27.0 Å². The molecule has 2 aromatic rings. The molecule has 1 saturated heterocycles. The molecule has 27 heavy (non-hydrogen) atoms. The molecule has 1 aromatic carbocycles. The fourth-order valence-corrected chi connectivity index (χ4v) is 4.27. The van der Waals surface area contributed by atoms with Crippen LogP contribution in [-0.2, 0) is 13.8 Å². The Balaban J connectivity index is 1.53. The molecule has 0 saturated carbocycles. The number of anilines is 1. The van der Waals surface area contributed by atoms with Gasteiger partial charge in [0.1, 0.15) is 6.10 Å². The third-order valence-corrected chi connectivity index (χ3v) is 6.45. The van der Waals surface area contributed by atoms with Crippen LogP contribution in [0.1, 0.15) is 16.1 Å². The molecule has 1 aliphatic rings. The first-order valence-electron chi connectivity index (χ1n) is 7.80. The Bertz CT molecular complexity index is 959. The number of ether oxygens (including phenoxy) is 1. The summed E-state index contributed by atoms with van der Waals surface area (Å²) < 4.78 is 28.4. The molecule has 0 aliphatic carbocycles. The van der Waals surface area contributed by atoms with E-state index >= 15 is 0 Å². The standard InChI is InChI=1S/C16H14Cl2N2O5S2/c17-14-6-5-13(26-14)15(21)19-8-7-11-9-20(16(22)25-11)10-1-3-12(4-2-10)27(18,23)24/h1-6,11H,7-9H2,(H,19,21). The molecule has 1 aliphatic heterocycles. The van der Waals surface area contributed by atoms with Crippen LogP contribution in [0.15, 0.2) is 41.3 Å². The molecule has 2 heterocycles. The van der Waals surface area contributed by atoms with Gasteiger partial charge in [-0.3, -0.25) is 9.69 Å². The van der Waals surface area contributed by atoms with E-state index in [-0.39, 0.29) is 16.9 Å². The Labute approximate surface area is 169 Å². The van der Waals surface area contributed by atoms with Crippen LogP contribution < -0.4 is 10.2 Å². The Morgan fingerprint density at radius 2 is 1.96 bits per heavy atom. The van der Waals surface area contributed by atoms with E-state index in [2.05, 4.69) is 5.32 Å². The molecule has 0 spiro atoms. The summed E-state index contributed by atoms with van der Waals surface area (Å²) >= 11 is 6.99. The molecule has 1 atom stereocenters. The van der Waals surface area contributed by atoms with Crippen molar-refractivity contribution < 1.29 is 22.7 Å². The van der Waals surface area contributed by atoms with Crippen LogP contribution in [0.5, 0.6) is 0 Å². The minimum absolute atomic E-state index is 0.0478. The Kier molecular flexibility index (Phi) is 5.95. The SMILES string of the molecule is O=C(NCCC1CN(c2ccc(S(=O)(=O)Cl)cc2)C(=O)O1)c1ccc(Cl)s1.